The van der Waals surface area contributed by atoms with E-state index in [1.165, 1.54) is 5.56 Å². The molecule has 2 aliphatic carbocycles. The van der Waals surface area contributed by atoms with Gasteiger partial charge in [0.05, 0.1) is 6.61 Å². The van der Waals surface area contributed by atoms with E-state index in [4.69, 9.17) is 4.74 Å². The monoisotopic (exact) mass is 497 g/mol. The molecule has 1 aliphatic heterocycles. The van der Waals surface area contributed by atoms with Gasteiger partial charge >= 0.3 is 0 Å². The lowest BCUT2D eigenvalue weighted by atomic mass is 9.63. The van der Waals surface area contributed by atoms with Crippen LogP contribution in [-0.4, -0.2) is 23.1 Å². The summed E-state index contributed by atoms with van der Waals surface area (Å²) in [5, 5.41) is 0. The number of ether oxygens (including phenoxy) is 1. The van der Waals surface area contributed by atoms with E-state index < -0.39 is 0 Å². The van der Waals surface area contributed by atoms with Crippen molar-refractivity contribution < 1.29 is 14.3 Å². The summed E-state index contributed by atoms with van der Waals surface area (Å²) in [4.78, 5) is 30.3. The molecule has 4 nitrogen and oxygen atoms in total. The quantitative estimate of drug-likeness (QED) is 0.418. The number of benzene rings is 2. The lowest BCUT2D eigenvalue weighted by Gasteiger charge is -2.49. The van der Waals surface area contributed by atoms with Gasteiger partial charge in [0.25, 0.3) is 0 Å². The first kappa shape index (κ1) is 25.5. The van der Waals surface area contributed by atoms with Gasteiger partial charge in [-0.3, -0.25) is 9.59 Å². The van der Waals surface area contributed by atoms with Crippen LogP contribution in [0.3, 0.4) is 0 Å². The molecule has 4 heteroatoms. The number of carbonyl (C=O) groups is 2. The summed E-state index contributed by atoms with van der Waals surface area (Å²) in [7, 11) is 0. The van der Waals surface area contributed by atoms with Crippen LogP contribution in [0.5, 0.6) is 5.75 Å². The van der Waals surface area contributed by atoms with Crippen molar-refractivity contribution in [3.63, 3.8) is 0 Å². The number of ketones is 2. The number of hydrogen-bond acceptors (Lipinski definition) is 4. The van der Waals surface area contributed by atoms with Crippen LogP contribution in [0.25, 0.3) is 0 Å². The molecule has 0 spiro atoms. The van der Waals surface area contributed by atoms with Gasteiger partial charge in [-0.2, -0.15) is 0 Å². The summed E-state index contributed by atoms with van der Waals surface area (Å²) in [6.45, 7) is 12.1. The van der Waals surface area contributed by atoms with Crippen molar-refractivity contribution in [2.45, 2.75) is 79.2 Å². The molecule has 1 heterocycles. The molecule has 194 valence electrons. The summed E-state index contributed by atoms with van der Waals surface area (Å²) < 4.78 is 6.19. The van der Waals surface area contributed by atoms with Crippen LogP contribution < -0.4 is 4.74 Å². The highest BCUT2D eigenvalue weighted by atomic mass is 16.5. The summed E-state index contributed by atoms with van der Waals surface area (Å²) in [6.07, 6.45) is 3.48. The molecule has 0 atom stereocenters. The Morgan fingerprint density at radius 1 is 0.784 bits per heavy atom. The summed E-state index contributed by atoms with van der Waals surface area (Å²) in [6, 6.07) is 18.4. The minimum absolute atomic E-state index is 0.139. The molecule has 0 bridgehead atoms. The van der Waals surface area contributed by atoms with E-state index in [2.05, 4.69) is 69.9 Å². The van der Waals surface area contributed by atoms with Crippen molar-refractivity contribution >= 4 is 11.6 Å². The van der Waals surface area contributed by atoms with Crippen LogP contribution >= 0.6 is 0 Å². The number of carbonyl (C=O) groups excluding carboxylic acids is 2. The van der Waals surface area contributed by atoms with Crippen molar-refractivity contribution in [2.75, 3.05) is 6.61 Å². The van der Waals surface area contributed by atoms with E-state index in [0.29, 0.717) is 26.0 Å². The molecular formula is C33H39NO3. The normalized spacial score (nSPS) is 21.2. The molecule has 0 N–H and O–H groups in total. The molecular weight excluding hydrogens is 458 g/mol. The zero-order chi connectivity index (χ0) is 26.4. The molecule has 0 saturated carbocycles. The van der Waals surface area contributed by atoms with Crippen molar-refractivity contribution in [1.82, 2.24) is 4.90 Å². The van der Waals surface area contributed by atoms with Gasteiger partial charge in [-0.05, 0) is 41.7 Å². The maximum Gasteiger partial charge on any atom is 0.162 e. The minimum atomic E-state index is -0.378. The van der Waals surface area contributed by atoms with Crippen LogP contribution in [0, 0.1) is 10.8 Å². The molecule has 37 heavy (non-hydrogen) atoms. The van der Waals surface area contributed by atoms with E-state index in [-0.39, 0.29) is 28.3 Å². The Balaban J connectivity index is 1.76. The van der Waals surface area contributed by atoms with Crippen LogP contribution in [0.15, 0.2) is 77.1 Å². The van der Waals surface area contributed by atoms with Crippen molar-refractivity contribution in [2.24, 2.45) is 10.8 Å². The van der Waals surface area contributed by atoms with Crippen molar-refractivity contribution in [3.05, 3.63) is 88.3 Å². The molecule has 0 fully saturated rings. The van der Waals surface area contributed by atoms with Crippen LogP contribution in [-0.2, 0) is 16.1 Å². The van der Waals surface area contributed by atoms with E-state index in [9.17, 15) is 9.59 Å². The Kier molecular flexibility index (Phi) is 6.64. The van der Waals surface area contributed by atoms with E-state index >= 15 is 0 Å². The second-order valence-corrected chi connectivity index (χ2v) is 12.5. The topological polar surface area (TPSA) is 46.6 Å². The van der Waals surface area contributed by atoms with E-state index in [1.807, 2.05) is 24.3 Å². The van der Waals surface area contributed by atoms with E-state index in [0.717, 1.165) is 53.1 Å². The molecule has 3 aliphatic rings. The average molecular weight is 498 g/mol. The Bertz CT molecular complexity index is 1230. The van der Waals surface area contributed by atoms with Crippen LogP contribution in [0.2, 0.25) is 0 Å². The molecule has 0 amide bonds. The second-order valence-electron chi connectivity index (χ2n) is 12.5. The predicted octanol–water partition coefficient (Wildman–Crippen LogP) is 7.36. The molecule has 0 aromatic heterocycles. The predicted molar refractivity (Wildman–Crippen MR) is 147 cm³/mol. The van der Waals surface area contributed by atoms with Gasteiger partial charge in [0, 0.05) is 53.4 Å². The average Bonchev–Trinajstić information content (AvgIpc) is 2.83. The number of rotatable bonds is 6. The Morgan fingerprint density at radius 2 is 1.32 bits per heavy atom. The standard InChI is InChI=1S/C33H39NO3/c1-6-16-37-28-15-11-10-14-23(28)29-30-24(17-32(2,3)19-26(30)35)34(21-22-12-8-7-9-13-22)25-18-33(4,5)20-27(36)31(25)29/h7-15,29H,6,16-21H2,1-5H3. The molecule has 0 radical (unpaired) electrons. The highest BCUT2D eigenvalue weighted by molar-refractivity contribution is 6.07. The fraction of sp³-hybridized carbons (Fsp3) is 0.455. The zero-order valence-corrected chi connectivity index (χ0v) is 22.9. The maximum absolute atomic E-state index is 14.0. The van der Waals surface area contributed by atoms with Gasteiger partial charge in [0.1, 0.15) is 5.75 Å². The van der Waals surface area contributed by atoms with Crippen molar-refractivity contribution in [3.8, 4) is 5.75 Å². The van der Waals surface area contributed by atoms with Gasteiger partial charge in [-0.25, -0.2) is 0 Å². The third-order valence-corrected chi connectivity index (χ3v) is 7.90. The van der Waals surface area contributed by atoms with E-state index in [1.54, 1.807) is 0 Å². The SMILES string of the molecule is CCCOc1ccccc1C1C2=C(CC(C)(C)CC2=O)N(Cc2ccccc2)C2=C1C(=O)CC(C)(C)C2. The summed E-state index contributed by atoms with van der Waals surface area (Å²) >= 11 is 0. The van der Waals surface area contributed by atoms with Crippen molar-refractivity contribution in [1.29, 1.82) is 0 Å². The third kappa shape index (κ3) is 4.91. The summed E-state index contributed by atoms with van der Waals surface area (Å²) in [5.41, 5.74) is 5.62. The number of para-hydroxylation sites is 1. The fourth-order valence-corrected chi connectivity index (χ4v) is 6.38. The molecule has 0 saturated heterocycles. The fourth-order valence-electron chi connectivity index (χ4n) is 6.38. The number of hydrogen-bond donors (Lipinski definition) is 0. The van der Waals surface area contributed by atoms with Gasteiger partial charge < -0.3 is 9.64 Å². The molecule has 5 rings (SSSR count). The van der Waals surface area contributed by atoms with Gasteiger partial charge in [-0.1, -0.05) is 83.1 Å². The number of allylic oxidation sites excluding steroid dienone is 4. The first-order chi connectivity index (χ1) is 17.6. The number of Topliss-reactive ketones (excluding diaryl/α,β-unsaturated/α-hetero) is 2. The Morgan fingerprint density at radius 3 is 1.89 bits per heavy atom. The summed E-state index contributed by atoms with van der Waals surface area (Å²) in [5.74, 6) is 0.713. The maximum atomic E-state index is 14.0. The van der Waals surface area contributed by atoms with Crippen LogP contribution in [0.1, 0.15) is 83.8 Å². The lowest BCUT2D eigenvalue weighted by Crippen LogP contribution is -2.44. The molecule has 2 aromatic rings. The van der Waals surface area contributed by atoms with Crippen LogP contribution in [0.4, 0.5) is 0 Å². The second kappa shape index (κ2) is 9.63. The Hall–Kier alpha value is -3.14. The first-order valence-electron chi connectivity index (χ1n) is 13.7. The number of nitrogens with zero attached hydrogens (tertiary/aromatic N) is 1. The third-order valence-electron chi connectivity index (χ3n) is 7.90. The molecule has 2 aromatic carbocycles. The van der Waals surface area contributed by atoms with Gasteiger partial charge in [0.2, 0.25) is 0 Å². The lowest BCUT2D eigenvalue weighted by molar-refractivity contribution is -0.119. The zero-order valence-electron chi connectivity index (χ0n) is 22.9. The first-order valence-corrected chi connectivity index (χ1v) is 13.7. The smallest absolute Gasteiger partial charge is 0.162 e. The van der Waals surface area contributed by atoms with Gasteiger partial charge in [-0.15, -0.1) is 0 Å². The highest BCUT2D eigenvalue weighted by Crippen LogP contribution is 2.55. The molecule has 0 unspecified atom stereocenters. The van der Waals surface area contributed by atoms with Gasteiger partial charge in [0.15, 0.2) is 11.6 Å². The Labute approximate surface area is 221 Å². The highest BCUT2D eigenvalue weighted by Gasteiger charge is 2.49. The largest absolute Gasteiger partial charge is 0.493 e. The minimum Gasteiger partial charge on any atom is -0.493 e.